The van der Waals surface area contributed by atoms with Crippen LogP contribution in [0.1, 0.15) is 29.8 Å². The molecule has 0 bridgehead atoms. The van der Waals surface area contributed by atoms with E-state index in [1.165, 1.54) is 12.1 Å². The van der Waals surface area contributed by atoms with Crippen molar-refractivity contribution < 1.29 is 22.4 Å². The van der Waals surface area contributed by atoms with Crippen molar-refractivity contribution in [2.24, 2.45) is 0 Å². The fourth-order valence-electron chi connectivity index (χ4n) is 2.09. The highest BCUT2D eigenvalue weighted by molar-refractivity contribution is 9.10. The molecule has 1 aromatic heterocycles. The van der Waals surface area contributed by atoms with Crippen molar-refractivity contribution in [3.8, 4) is 0 Å². The molecule has 1 amide bonds. The Bertz CT molecular complexity index is 444. The van der Waals surface area contributed by atoms with Gasteiger partial charge in [-0.15, -0.1) is 0 Å². The third-order valence-corrected chi connectivity index (χ3v) is 3.35. The lowest BCUT2D eigenvalue weighted by molar-refractivity contribution is -0.183. The molecule has 0 saturated carbocycles. The van der Waals surface area contributed by atoms with Gasteiger partial charge in [-0.2, -0.15) is 13.2 Å². The fraction of sp³-hybridized carbons (Fsp3) is 0.545. The maximum absolute atomic E-state index is 12.8. The van der Waals surface area contributed by atoms with Crippen molar-refractivity contribution in [3.05, 3.63) is 22.6 Å². The van der Waals surface area contributed by atoms with Gasteiger partial charge in [0.15, 0.2) is 10.4 Å². The number of rotatable bonds is 1. The molecule has 2 heterocycles. The Morgan fingerprint density at radius 3 is 2.67 bits per heavy atom. The van der Waals surface area contributed by atoms with E-state index in [0.717, 1.165) is 4.90 Å². The van der Waals surface area contributed by atoms with E-state index >= 15 is 0 Å². The molecule has 7 heteroatoms. The lowest BCUT2D eigenvalue weighted by Gasteiger charge is -2.36. The number of piperidine rings is 1. The summed E-state index contributed by atoms with van der Waals surface area (Å²) in [5, 5.41) is 0. The zero-order valence-electron chi connectivity index (χ0n) is 9.34. The molecule has 1 saturated heterocycles. The second-order valence-electron chi connectivity index (χ2n) is 4.16. The Morgan fingerprint density at radius 1 is 1.39 bits per heavy atom. The summed E-state index contributed by atoms with van der Waals surface area (Å²) in [5.41, 5.74) is 0. The number of likely N-dealkylation sites (tertiary alicyclic amines) is 1. The monoisotopic (exact) mass is 325 g/mol. The van der Waals surface area contributed by atoms with E-state index in [1.54, 1.807) is 0 Å². The zero-order chi connectivity index (χ0) is 13.3. The molecule has 1 aromatic rings. The van der Waals surface area contributed by atoms with Crippen molar-refractivity contribution in [3.63, 3.8) is 0 Å². The normalized spacial score (nSPS) is 21.1. The second kappa shape index (κ2) is 4.95. The molecule has 0 N–H and O–H groups in total. The second-order valence-corrected chi connectivity index (χ2v) is 4.94. The molecular weight excluding hydrogens is 315 g/mol. The third kappa shape index (κ3) is 2.71. The average molecular weight is 326 g/mol. The molecular formula is C11H11BrF3NO2. The number of alkyl halides is 3. The number of halogens is 4. The lowest BCUT2D eigenvalue weighted by Crippen LogP contribution is -2.51. The van der Waals surface area contributed by atoms with Gasteiger partial charge in [0.05, 0.1) is 0 Å². The van der Waals surface area contributed by atoms with Crippen molar-refractivity contribution in [1.29, 1.82) is 0 Å². The molecule has 3 nitrogen and oxygen atoms in total. The Kier molecular flexibility index (Phi) is 3.70. The molecule has 0 aliphatic carbocycles. The third-order valence-electron chi connectivity index (χ3n) is 2.93. The molecule has 18 heavy (non-hydrogen) atoms. The summed E-state index contributed by atoms with van der Waals surface area (Å²) in [4.78, 5) is 12.8. The van der Waals surface area contributed by atoms with Gasteiger partial charge in [0.2, 0.25) is 0 Å². The quantitative estimate of drug-likeness (QED) is 0.790. The summed E-state index contributed by atoms with van der Waals surface area (Å²) < 4.78 is 43.9. The topological polar surface area (TPSA) is 33.5 Å². The first-order chi connectivity index (χ1) is 8.39. The minimum Gasteiger partial charge on any atom is -0.444 e. The largest absolute Gasteiger partial charge is 0.444 e. The standard InChI is InChI=1S/C11H11BrF3NO2/c12-9-5-4-7(18-9)10(17)16-6-2-1-3-8(16)11(13,14)15/h4-5,8H,1-3,6H2. The van der Waals surface area contributed by atoms with E-state index in [1.807, 2.05) is 0 Å². The van der Waals surface area contributed by atoms with Crippen LogP contribution >= 0.6 is 15.9 Å². The molecule has 1 aliphatic rings. The van der Waals surface area contributed by atoms with Crippen molar-refractivity contribution in [1.82, 2.24) is 4.90 Å². The highest BCUT2D eigenvalue weighted by Gasteiger charge is 2.46. The number of hydrogen-bond acceptors (Lipinski definition) is 2. The fourth-order valence-corrected chi connectivity index (χ4v) is 2.39. The van der Waals surface area contributed by atoms with Gasteiger partial charge in [-0.05, 0) is 47.3 Å². The van der Waals surface area contributed by atoms with Gasteiger partial charge in [-0.1, -0.05) is 0 Å². The van der Waals surface area contributed by atoms with Crippen LogP contribution in [0.25, 0.3) is 0 Å². The highest BCUT2D eigenvalue weighted by Crippen LogP contribution is 2.33. The van der Waals surface area contributed by atoms with Crippen LogP contribution in [0.5, 0.6) is 0 Å². The van der Waals surface area contributed by atoms with Gasteiger partial charge in [0.1, 0.15) is 6.04 Å². The molecule has 0 spiro atoms. The van der Waals surface area contributed by atoms with Crippen molar-refractivity contribution >= 4 is 21.8 Å². The van der Waals surface area contributed by atoms with E-state index in [0.29, 0.717) is 17.5 Å². The predicted octanol–water partition coefficient (Wildman–Crippen LogP) is 3.60. The summed E-state index contributed by atoms with van der Waals surface area (Å²) in [6.07, 6.45) is -3.37. The lowest BCUT2D eigenvalue weighted by atomic mass is 10.0. The minimum atomic E-state index is -4.39. The number of furan rings is 1. The molecule has 1 unspecified atom stereocenters. The molecule has 1 fully saturated rings. The predicted molar refractivity (Wildman–Crippen MR) is 61.1 cm³/mol. The van der Waals surface area contributed by atoms with Gasteiger partial charge in [-0.25, -0.2) is 0 Å². The van der Waals surface area contributed by atoms with Crippen LogP contribution in [0.4, 0.5) is 13.2 Å². The Labute approximate surface area is 110 Å². The van der Waals surface area contributed by atoms with Crippen LogP contribution in [0.15, 0.2) is 21.2 Å². The van der Waals surface area contributed by atoms with Gasteiger partial charge < -0.3 is 9.32 Å². The van der Waals surface area contributed by atoms with E-state index < -0.39 is 18.1 Å². The summed E-state index contributed by atoms with van der Waals surface area (Å²) in [7, 11) is 0. The van der Waals surface area contributed by atoms with E-state index in [-0.39, 0.29) is 18.7 Å². The maximum Gasteiger partial charge on any atom is 0.408 e. The summed E-state index contributed by atoms with van der Waals surface area (Å²) in [6, 6.07) is 1.15. The van der Waals surface area contributed by atoms with Crippen molar-refractivity contribution in [2.75, 3.05) is 6.54 Å². The van der Waals surface area contributed by atoms with Gasteiger partial charge in [0.25, 0.3) is 5.91 Å². The first-order valence-electron chi connectivity index (χ1n) is 5.52. The maximum atomic E-state index is 12.8. The minimum absolute atomic E-state index is 0.0445. The van der Waals surface area contributed by atoms with Gasteiger partial charge in [-0.3, -0.25) is 4.79 Å². The Balaban J connectivity index is 2.21. The summed E-state index contributed by atoms with van der Waals surface area (Å²) in [5.74, 6) is -0.777. The number of carbonyl (C=O) groups is 1. The number of nitrogens with zero attached hydrogens (tertiary/aromatic N) is 1. The van der Waals surface area contributed by atoms with E-state index in [9.17, 15) is 18.0 Å². The van der Waals surface area contributed by atoms with Crippen LogP contribution in [-0.2, 0) is 0 Å². The summed E-state index contributed by atoms with van der Waals surface area (Å²) >= 11 is 3.02. The van der Waals surface area contributed by atoms with Crippen molar-refractivity contribution in [2.45, 2.75) is 31.5 Å². The first-order valence-corrected chi connectivity index (χ1v) is 6.32. The first kappa shape index (κ1) is 13.5. The molecule has 1 aliphatic heterocycles. The van der Waals surface area contributed by atoms with Crippen LogP contribution in [0, 0.1) is 0 Å². The van der Waals surface area contributed by atoms with Crippen LogP contribution in [0.3, 0.4) is 0 Å². The van der Waals surface area contributed by atoms with E-state index in [4.69, 9.17) is 4.42 Å². The SMILES string of the molecule is O=C(c1ccc(Br)o1)N1CCCCC1C(F)(F)F. The summed E-state index contributed by atoms with van der Waals surface area (Å²) in [6.45, 7) is 0.112. The molecule has 0 aromatic carbocycles. The van der Waals surface area contributed by atoms with Crippen LogP contribution < -0.4 is 0 Å². The zero-order valence-corrected chi connectivity index (χ0v) is 10.9. The Hall–Kier alpha value is -0.980. The smallest absolute Gasteiger partial charge is 0.408 e. The Morgan fingerprint density at radius 2 is 2.11 bits per heavy atom. The molecule has 0 radical (unpaired) electrons. The molecule has 100 valence electrons. The molecule has 2 rings (SSSR count). The number of carbonyl (C=O) groups excluding carboxylic acids is 1. The van der Waals surface area contributed by atoms with Crippen LogP contribution in [0.2, 0.25) is 0 Å². The van der Waals surface area contributed by atoms with Crippen LogP contribution in [-0.4, -0.2) is 29.6 Å². The van der Waals surface area contributed by atoms with Gasteiger partial charge in [0, 0.05) is 6.54 Å². The average Bonchev–Trinajstić information content (AvgIpc) is 2.74. The number of hydrogen-bond donors (Lipinski definition) is 0. The highest BCUT2D eigenvalue weighted by atomic mass is 79.9. The van der Waals surface area contributed by atoms with Gasteiger partial charge >= 0.3 is 6.18 Å². The number of amides is 1. The molecule has 1 atom stereocenters. The van der Waals surface area contributed by atoms with E-state index in [2.05, 4.69) is 15.9 Å².